The molecule has 0 bridgehead atoms. The van der Waals surface area contributed by atoms with Crippen molar-refractivity contribution < 1.29 is 9.32 Å². The van der Waals surface area contributed by atoms with Crippen LogP contribution in [0.3, 0.4) is 0 Å². The molecule has 5 nitrogen and oxygen atoms in total. The minimum absolute atomic E-state index is 0.0783. The Morgan fingerprint density at radius 1 is 1.12 bits per heavy atom. The molecule has 1 aliphatic heterocycles. The Bertz CT molecular complexity index is 830. The van der Waals surface area contributed by atoms with Gasteiger partial charge in [-0.1, -0.05) is 35.5 Å². The maximum atomic E-state index is 12.9. The van der Waals surface area contributed by atoms with Crippen LogP contribution in [-0.4, -0.2) is 27.5 Å². The van der Waals surface area contributed by atoms with E-state index in [-0.39, 0.29) is 11.9 Å². The highest BCUT2D eigenvalue weighted by Crippen LogP contribution is 2.33. The summed E-state index contributed by atoms with van der Waals surface area (Å²) in [7, 11) is 0. The van der Waals surface area contributed by atoms with Crippen molar-refractivity contribution in [2.45, 2.75) is 18.9 Å². The summed E-state index contributed by atoms with van der Waals surface area (Å²) in [6, 6.07) is 15.6. The molecule has 0 spiro atoms. The van der Waals surface area contributed by atoms with E-state index in [2.05, 4.69) is 22.3 Å². The first-order valence-corrected chi connectivity index (χ1v) is 8.06. The largest absolute Gasteiger partial charge is 0.355 e. The summed E-state index contributed by atoms with van der Waals surface area (Å²) in [4.78, 5) is 18.7. The second kappa shape index (κ2) is 6.28. The van der Waals surface area contributed by atoms with E-state index in [1.165, 1.54) is 5.56 Å². The van der Waals surface area contributed by atoms with Crippen LogP contribution >= 0.6 is 0 Å². The topological polar surface area (TPSA) is 59.2 Å². The number of carbonyl (C=O) groups is 1. The smallest absolute Gasteiger partial charge is 0.276 e. The highest BCUT2D eigenvalue weighted by atomic mass is 16.5. The normalized spacial score (nSPS) is 17.2. The van der Waals surface area contributed by atoms with E-state index < -0.39 is 0 Å². The lowest BCUT2D eigenvalue weighted by Crippen LogP contribution is -2.30. The quantitative estimate of drug-likeness (QED) is 0.738. The second-order valence-corrected chi connectivity index (χ2v) is 5.88. The van der Waals surface area contributed by atoms with Crippen molar-refractivity contribution in [2.24, 2.45) is 0 Å². The minimum Gasteiger partial charge on any atom is -0.355 e. The third-order valence-electron chi connectivity index (χ3n) is 4.39. The molecular formula is C19H17N3O2. The fourth-order valence-electron chi connectivity index (χ4n) is 3.21. The number of nitrogens with zero attached hydrogens (tertiary/aromatic N) is 3. The Kier molecular flexibility index (Phi) is 3.83. The molecular weight excluding hydrogens is 302 g/mol. The fraction of sp³-hybridized carbons (Fsp3) is 0.211. The zero-order valence-electron chi connectivity index (χ0n) is 13.1. The molecule has 1 aromatic carbocycles. The van der Waals surface area contributed by atoms with Gasteiger partial charge in [0.25, 0.3) is 5.91 Å². The fourth-order valence-corrected chi connectivity index (χ4v) is 3.21. The molecule has 1 saturated heterocycles. The summed E-state index contributed by atoms with van der Waals surface area (Å²) < 4.78 is 5.35. The number of likely N-dealkylation sites (tertiary alicyclic amines) is 1. The number of amides is 1. The van der Waals surface area contributed by atoms with Gasteiger partial charge in [-0.2, -0.15) is 0 Å². The van der Waals surface area contributed by atoms with E-state index in [0.29, 0.717) is 11.5 Å². The first-order valence-electron chi connectivity index (χ1n) is 8.06. The first-order chi connectivity index (χ1) is 11.8. The molecule has 1 aliphatic rings. The zero-order valence-corrected chi connectivity index (χ0v) is 13.1. The van der Waals surface area contributed by atoms with Gasteiger partial charge in [0.1, 0.15) is 0 Å². The molecule has 120 valence electrons. The molecule has 3 aromatic rings. The average Bonchev–Trinajstić information content (AvgIpc) is 3.32. The summed E-state index contributed by atoms with van der Waals surface area (Å²) >= 11 is 0. The van der Waals surface area contributed by atoms with Crippen molar-refractivity contribution in [1.29, 1.82) is 0 Å². The van der Waals surface area contributed by atoms with Crippen LogP contribution in [0.4, 0.5) is 0 Å². The van der Waals surface area contributed by atoms with E-state index in [0.717, 1.165) is 24.9 Å². The predicted molar refractivity (Wildman–Crippen MR) is 89.2 cm³/mol. The van der Waals surface area contributed by atoms with Crippen LogP contribution in [0, 0.1) is 0 Å². The van der Waals surface area contributed by atoms with Crippen molar-refractivity contribution in [3.63, 3.8) is 0 Å². The highest BCUT2D eigenvalue weighted by molar-refractivity contribution is 5.93. The van der Waals surface area contributed by atoms with Crippen molar-refractivity contribution in [1.82, 2.24) is 15.0 Å². The van der Waals surface area contributed by atoms with Gasteiger partial charge in [-0.05, 0) is 30.5 Å². The third kappa shape index (κ3) is 2.69. The second-order valence-electron chi connectivity index (χ2n) is 5.88. The van der Waals surface area contributed by atoms with Crippen LogP contribution in [0.5, 0.6) is 0 Å². The van der Waals surface area contributed by atoms with Gasteiger partial charge in [0.2, 0.25) is 0 Å². The number of pyridine rings is 1. The summed E-state index contributed by atoms with van der Waals surface area (Å²) in [5.41, 5.74) is 2.38. The molecule has 0 aliphatic carbocycles. The molecule has 0 radical (unpaired) electrons. The molecule has 3 heterocycles. The number of aromatic nitrogens is 2. The molecule has 0 unspecified atom stereocenters. The minimum atomic E-state index is -0.0783. The van der Waals surface area contributed by atoms with Gasteiger partial charge in [0.15, 0.2) is 11.5 Å². The molecule has 4 rings (SSSR count). The Morgan fingerprint density at radius 2 is 1.92 bits per heavy atom. The van der Waals surface area contributed by atoms with Gasteiger partial charge in [-0.3, -0.25) is 9.78 Å². The van der Waals surface area contributed by atoms with E-state index in [4.69, 9.17) is 4.52 Å². The lowest BCUT2D eigenvalue weighted by Gasteiger charge is -2.24. The monoisotopic (exact) mass is 319 g/mol. The number of carbonyl (C=O) groups excluding carboxylic acids is 1. The van der Waals surface area contributed by atoms with Crippen molar-refractivity contribution in [3.05, 3.63) is 72.2 Å². The lowest BCUT2D eigenvalue weighted by molar-refractivity contribution is 0.0725. The summed E-state index contributed by atoms with van der Waals surface area (Å²) in [5.74, 6) is 0.501. The molecule has 1 amide bonds. The SMILES string of the molecule is O=C(c1cc(-c2ccncc2)on1)N1CCC[C@H]1c1ccccc1. The highest BCUT2D eigenvalue weighted by Gasteiger charge is 2.32. The molecule has 1 fully saturated rings. The van der Waals surface area contributed by atoms with Crippen molar-refractivity contribution >= 4 is 5.91 Å². The van der Waals surface area contributed by atoms with Gasteiger partial charge in [0.05, 0.1) is 6.04 Å². The lowest BCUT2D eigenvalue weighted by atomic mass is 10.0. The van der Waals surface area contributed by atoms with E-state index in [9.17, 15) is 4.79 Å². The van der Waals surface area contributed by atoms with Gasteiger partial charge >= 0.3 is 0 Å². The predicted octanol–water partition coefficient (Wildman–Crippen LogP) is 3.71. The standard InChI is InChI=1S/C19H17N3O2/c23-19(16-13-18(24-21-16)15-8-10-20-11-9-15)22-12-4-7-17(22)14-5-2-1-3-6-14/h1-3,5-6,8-11,13,17H,4,7,12H2/t17-/m0/s1. The molecule has 24 heavy (non-hydrogen) atoms. The van der Waals surface area contributed by atoms with Crippen LogP contribution in [-0.2, 0) is 0 Å². The van der Waals surface area contributed by atoms with Gasteiger partial charge in [-0.25, -0.2) is 0 Å². The zero-order chi connectivity index (χ0) is 16.4. The average molecular weight is 319 g/mol. The maximum absolute atomic E-state index is 12.9. The van der Waals surface area contributed by atoms with Crippen LogP contribution in [0.25, 0.3) is 11.3 Å². The van der Waals surface area contributed by atoms with Gasteiger partial charge < -0.3 is 9.42 Å². The Hall–Kier alpha value is -2.95. The third-order valence-corrected chi connectivity index (χ3v) is 4.39. The molecule has 1 atom stereocenters. The maximum Gasteiger partial charge on any atom is 0.276 e. The van der Waals surface area contributed by atoms with Crippen molar-refractivity contribution in [3.8, 4) is 11.3 Å². The summed E-state index contributed by atoms with van der Waals surface area (Å²) in [6.07, 6.45) is 5.35. The van der Waals surface area contributed by atoms with E-state index in [1.807, 2.05) is 35.2 Å². The summed E-state index contributed by atoms with van der Waals surface area (Å²) in [5, 5.41) is 3.98. The number of hydrogen-bond acceptors (Lipinski definition) is 4. The van der Waals surface area contributed by atoms with Crippen LogP contribution in [0.1, 0.15) is 34.9 Å². The van der Waals surface area contributed by atoms with Crippen LogP contribution in [0.2, 0.25) is 0 Å². The number of rotatable bonds is 3. The Morgan fingerprint density at radius 3 is 2.71 bits per heavy atom. The molecule has 2 aromatic heterocycles. The Balaban J connectivity index is 1.58. The Labute approximate surface area is 139 Å². The number of hydrogen-bond donors (Lipinski definition) is 0. The van der Waals surface area contributed by atoms with Crippen LogP contribution < -0.4 is 0 Å². The first kappa shape index (κ1) is 14.6. The van der Waals surface area contributed by atoms with Crippen molar-refractivity contribution in [2.75, 3.05) is 6.54 Å². The molecule has 0 saturated carbocycles. The molecule has 0 N–H and O–H groups in total. The van der Waals surface area contributed by atoms with Gasteiger partial charge in [-0.15, -0.1) is 0 Å². The molecule has 5 heteroatoms. The van der Waals surface area contributed by atoms with E-state index >= 15 is 0 Å². The van der Waals surface area contributed by atoms with Gasteiger partial charge in [0, 0.05) is 30.6 Å². The number of benzene rings is 1. The summed E-state index contributed by atoms with van der Waals surface area (Å²) in [6.45, 7) is 0.746. The van der Waals surface area contributed by atoms with E-state index in [1.54, 1.807) is 18.5 Å². The van der Waals surface area contributed by atoms with Crippen LogP contribution in [0.15, 0.2) is 65.4 Å².